The van der Waals surface area contributed by atoms with E-state index in [-0.39, 0.29) is 30.2 Å². The molecule has 4 rings (SSSR count). The molecule has 0 atom stereocenters. The number of hydrogen-bond acceptors (Lipinski definition) is 3. The fraction of sp³-hybridized carbons (Fsp3) is 0.154. The Kier molecular flexibility index (Phi) is 6.22. The molecule has 0 saturated heterocycles. The van der Waals surface area contributed by atoms with Crippen molar-refractivity contribution in [3.8, 4) is 22.6 Å². The van der Waals surface area contributed by atoms with Crippen LogP contribution in [0, 0.1) is 6.92 Å². The van der Waals surface area contributed by atoms with E-state index in [1.807, 2.05) is 91.9 Å². The summed E-state index contributed by atoms with van der Waals surface area (Å²) < 4.78 is 9.18. The van der Waals surface area contributed by atoms with Crippen molar-refractivity contribution in [2.45, 2.75) is 13.3 Å². The molecule has 3 aromatic carbocycles. The zero-order chi connectivity index (χ0) is 22.5. The summed E-state index contributed by atoms with van der Waals surface area (Å²) in [4.78, 5) is 25.5. The van der Waals surface area contributed by atoms with Crippen LogP contribution >= 0.6 is 0 Å². The zero-order valence-electron chi connectivity index (χ0n) is 18.1. The molecule has 0 saturated carbocycles. The second-order valence-corrected chi connectivity index (χ2v) is 7.45. The molecule has 1 amide bonds. The van der Waals surface area contributed by atoms with Gasteiger partial charge in [0.15, 0.2) is 0 Å². The van der Waals surface area contributed by atoms with Crippen molar-refractivity contribution in [1.82, 2.24) is 9.36 Å². The smallest absolute Gasteiger partial charge is 0.295 e. The van der Waals surface area contributed by atoms with Gasteiger partial charge in [0.2, 0.25) is 5.91 Å². The minimum atomic E-state index is -0.270. The van der Waals surface area contributed by atoms with E-state index in [2.05, 4.69) is 5.32 Å². The molecule has 1 heterocycles. The molecule has 32 heavy (non-hydrogen) atoms. The zero-order valence-corrected chi connectivity index (χ0v) is 18.1. The Bertz CT molecular complexity index is 1270. The topological polar surface area (TPSA) is 65.3 Å². The molecule has 6 heteroatoms. The predicted molar refractivity (Wildman–Crippen MR) is 126 cm³/mol. The molecule has 1 aromatic heterocycles. The minimum absolute atomic E-state index is 0.127. The van der Waals surface area contributed by atoms with E-state index < -0.39 is 0 Å². The number of ether oxygens (including phenoxy) is 1. The van der Waals surface area contributed by atoms with Crippen LogP contribution in [0.4, 0.5) is 5.69 Å². The third kappa shape index (κ3) is 4.34. The second-order valence-electron chi connectivity index (χ2n) is 7.45. The molecule has 0 unspecified atom stereocenters. The van der Waals surface area contributed by atoms with Crippen molar-refractivity contribution in [2.24, 2.45) is 7.05 Å². The second kappa shape index (κ2) is 9.39. The van der Waals surface area contributed by atoms with Gasteiger partial charge in [-0.1, -0.05) is 66.7 Å². The van der Waals surface area contributed by atoms with Crippen LogP contribution in [0.5, 0.6) is 5.75 Å². The lowest BCUT2D eigenvalue weighted by molar-refractivity contribution is -0.116. The van der Waals surface area contributed by atoms with Gasteiger partial charge in [-0.15, -0.1) is 0 Å². The van der Waals surface area contributed by atoms with E-state index in [9.17, 15) is 9.59 Å². The van der Waals surface area contributed by atoms with Crippen molar-refractivity contribution >= 4 is 11.6 Å². The van der Waals surface area contributed by atoms with Crippen LogP contribution in [0.1, 0.15) is 12.1 Å². The Labute approximate surface area is 186 Å². The van der Waals surface area contributed by atoms with Gasteiger partial charge in [-0.05, 0) is 30.7 Å². The predicted octanol–water partition coefficient (Wildman–Crippen LogP) is 4.56. The molecule has 0 aliphatic carbocycles. The molecule has 4 aromatic rings. The lowest BCUT2D eigenvalue weighted by atomic mass is 10.1. The summed E-state index contributed by atoms with van der Waals surface area (Å²) in [6.45, 7) is 2.01. The number of para-hydroxylation sites is 2. The van der Waals surface area contributed by atoms with Crippen LogP contribution in [0.15, 0.2) is 89.7 Å². The number of rotatable bonds is 7. The van der Waals surface area contributed by atoms with Crippen LogP contribution < -0.4 is 15.6 Å². The van der Waals surface area contributed by atoms with Gasteiger partial charge in [0, 0.05) is 12.6 Å². The van der Waals surface area contributed by atoms with Crippen molar-refractivity contribution in [2.75, 3.05) is 11.9 Å². The standard InChI is InChI=1S/C26H25N3O3/c1-19-25(26(31)29(28(19)2)21-13-7-4-8-14-21)27-24(30)17-18-32-23-16-10-9-15-22(23)20-11-5-3-6-12-20/h3-16H,17-18H2,1-2H3,(H,27,30). The maximum atomic E-state index is 12.9. The summed E-state index contributed by atoms with van der Waals surface area (Å²) in [7, 11) is 1.79. The monoisotopic (exact) mass is 427 g/mol. The SMILES string of the molecule is Cc1c(NC(=O)CCOc2ccccc2-c2ccccc2)c(=O)n(-c2ccccc2)n1C. The number of nitrogens with zero attached hydrogens (tertiary/aromatic N) is 2. The third-order valence-corrected chi connectivity index (χ3v) is 5.38. The average molecular weight is 428 g/mol. The number of aromatic nitrogens is 2. The molecular weight excluding hydrogens is 402 g/mol. The molecule has 6 nitrogen and oxygen atoms in total. The number of anilines is 1. The van der Waals surface area contributed by atoms with Gasteiger partial charge in [0.25, 0.3) is 5.56 Å². The minimum Gasteiger partial charge on any atom is -0.492 e. The van der Waals surface area contributed by atoms with Gasteiger partial charge in [-0.2, -0.15) is 0 Å². The van der Waals surface area contributed by atoms with Crippen LogP contribution in [0.3, 0.4) is 0 Å². The van der Waals surface area contributed by atoms with E-state index in [0.717, 1.165) is 16.8 Å². The molecule has 0 fully saturated rings. The van der Waals surface area contributed by atoms with Crippen LogP contribution in [0.2, 0.25) is 0 Å². The maximum Gasteiger partial charge on any atom is 0.295 e. The Balaban J connectivity index is 1.44. The summed E-state index contributed by atoms with van der Waals surface area (Å²) >= 11 is 0. The molecule has 0 spiro atoms. The largest absolute Gasteiger partial charge is 0.492 e. The quantitative estimate of drug-likeness (QED) is 0.470. The van der Waals surface area contributed by atoms with Gasteiger partial charge in [0.05, 0.1) is 24.4 Å². The number of amides is 1. The fourth-order valence-electron chi connectivity index (χ4n) is 3.62. The number of carbonyl (C=O) groups is 1. The molecule has 0 bridgehead atoms. The number of benzene rings is 3. The Morgan fingerprint density at radius 1 is 0.906 bits per heavy atom. The molecule has 0 aliphatic rings. The highest BCUT2D eigenvalue weighted by atomic mass is 16.5. The van der Waals surface area contributed by atoms with E-state index in [1.54, 1.807) is 11.7 Å². The number of carbonyl (C=O) groups excluding carboxylic acids is 1. The van der Waals surface area contributed by atoms with Gasteiger partial charge in [0.1, 0.15) is 11.4 Å². The highest BCUT2D eigenvalue weighted by Gasteiger charge is 2.18. The number of nitrogens with one attached hydrogen (secondary N) is 1. The van der Waals surface area contributed by atoms with Crippen molar-refractivity contribution in [1.29, 1.82) is 0 Å². The fourth-order valence-corrected chi connectivity index (χ4v) is 3.62. The first-order valence-electron chi connectivity index (χ1n) is 10.5. The summed E-state index contributed by atoms with van der Waals surface area (Å²) in [5.74, 6) is 0.446. The first-order valence-corrected chi connectivity index (χ1v) is 10.5. The highest BCUT2D eigenvalue weighted by Crippen LogP contribution is 2.29. The first-order chi connectivity index (χ1) is 15.6. The summed E-state index contributed by atoms with van der Waals surface area (Å²) in [6.07, 6.45) is 0.127. The Hall–Kier alpha value is -4.06. The van der Waals surface area contributed by atoms with Crippen molar-refractivity contribution in [3.63, 3.8) is 0 Å². The van der Waals surface area contributed by atoms with E-state index in [4.69, 9.17) is 4.74 Å². The van der Waals surface area contributed by atoms with Gasteiger partial charge < -0.3 is 10.1 Å². The first kappa shape index (κ1) is 21.2. The Morgan fingerprint density at radius 3 is 2.25 bits per heavy atom. The van der Waals surface area contributed by atoms with Gasteiger partial charge in [-0.3, -0.25) is 14.3 Å². The van der Waals surface area contributed by atoms with Crippen molar-refractivity contribution < 1.29 is 9.53 Å². The molecule has 1 N–H and O–H groups in total. The van der Waals surface area contributed by atoms with Crippen LogP contribution in [-0.2, 0) is 11.8 Å². The molecule has 0 radical (unpaired) electrons. The summed E-state index contributed by atoms with van der Waals surface area (Å²) in [6, 6.07) is 27.0. The van der Waals surface area contributed by atoms with E-state index >= 15 is 0 Å². The average Bonchev–Trinajstić information content (AvgIpc) is 3.03. The Morgan fingerprint density at radius 2 is 1.53 bits per heavy atom. The molecule has 0 aliphatic heterocycles. The molecule has 162 valence electrons. The normalized spacial score (nSPS) is 10.7. The lowest BCUT2D eigenvalue weighted by Crippen LogP contribution is -2.23. The van der Waals surface area contributed by atoms with Crippen molar-refractivity contribution in [3.05, 3.63) is 101 Å². The van der Waals surface area contributed by atoms with E-state index in [1.165, 1.54) is 4.68 Å². The highest BCUT2D eigenvalue weighted by molar-refractivity contribution is 5.91. The van der Waals surface area contributed by atoms with E-state index in [0.29, 0.717) is 11.4 Å². The van der Waals surface area contributed by atoms with Crippen LogP contribution in [-0.4, -0.2) is 21.9 Å². The number of hydrogen-bond donors (Lipinski definition) is 1. The van der Waals surface area contributed by atoms with Crippen LogP contribution in [0.25, 0.3) is 16.8 Å². The molecular formula is C26H25N3O3. The third-order valence-electron chi connectivity index (χ3n) is 5.38. The van der Waals surface area contributed by atoms with Gasteiger partial charge in [-0.25, -0.2) is 4.68 Å². The summed E-state index contributed by atoms with van der Waals surface area (Å²) in [5, 5.41) is 2.77. The summed E-state index contributed by atoms with van der Waals surface area (Å²) in [5.41, 5.74) is 3.46. The van der Waals surface area contributed by atoms with Gasteiger partial charge >= 0.3 is 0 Å². The maximum absolute atomic E-state index is 12.9. The lowest BCUT2D eigenvalue weighted by Gasteiger charge is -2.11.